The maximum absolute atomic E-state index is 12.8. The number of sulfonamides is 1. The van der Waals surface area contributed by atoms with E-state index in [0.717, 1.165) is 5.69 Å². The van der Waals surface area contributed by atoms with Crippen molar-refractivity contribution in [2.75, 3.05) is 34.2 Å². The molecule has 21 heavy (non-hydrogen) atoms. The number of hydrogen-bond donors (Lipinski definition) is 1. The van der Waals surface area contributed by atoms with Gasteiger partial charge in [-0.15, -0.1) is 0 Å². The van der Waals surface area contributed by atoms with E-state index in [1.165, 1.54) is 4.31 Å². The molecule has 2 heterocycles. The molecule has 1 saturated heterocycles. The van der Waals surface area contributed by atoms with Crippen LogP contribution in [-0.4, -0.2) is 46.7 Å². The summed E-state index contributed by atoms with van der Waals surface area (Å²) in [5.74, 6) is -0.300. The van der Waals surface area contributed by atoms with Gasteiger partial charge in [-0.2, -0.15) is 0 Å². The Morgan fingerprint density at radius 2 is 2.00 bits per heavy atom. The molecule has 0 radical (unpaired) electrons. The number of nitrogens with zero attached hydrogens (tertiary/aromatic N) is 1. The molecule has 2 aliphatic heterocycles. The Hall–Kier alpha value is -1.28. The highest BCUT2D eigenvalue weighted by atomic mass is 32.2. The molecule has 0 amide bonds. The Morgan fingerprint density at radius 3 is 2.71 bits per heavy atom. The first-order valence-electron chi connectivity index (χ1n) is 6.95. The molecule has 1 aromatic carbocycles. The van der Waals surface area contributed by atoms with E-state index in [9.17, 15) is 16.8 Å². The van der Waals surface area contributed by atoms with E-state index in [-0.39, 0.29) is 17.9 Å². The Kier molecular flexibility index (Phi) is 3.61. The molecule has 1 aromatic rings. The summed E-state index contributed by atoms with van der Waals surface area (Å²) in [5.41, 5.74) is 1.39. The monoisotopic (exact) mass is 330 g/mol. The fraction of sp³-hybridized carbons (Fsp3) is 0.538. The second-order valence-electron chi connectivity index (χ2n) is 5.44. The fourth-order valence-corrected chi connectivity index (χ4v) is 7.44. The molecule has 0 saturated carbocycles. The maximum atomic E-state index is 12.8. The zero-order valence-electron chi connectivity index (χ0n) is 11.5. The molecule has 0 bridgehead atoms. The highest BCUT2D eigenvalue weighted by Gasteiger charge is 2.41. The second kappa shape index (κ2) is 5.17. The van der Waals surface area contributed by atoms with Crippen LogP contribution in [0.15, 0.2) is 24.3 Å². The lowest BCUT2D eigenvalue weighted by Crippen LogP contribution is -2.40. The molecule has 0 aromatic heterocycles. The molecular formula is C13H18N2O4S2. The van der Waals surface area contributed by atoms with Gasteiger partial charge in [0.15, 0.2) is 9.84 Å². The van der Waals surface area contributed by atoms with Crippen LogP contribution in [0.4, 0.5) is 11.4 Å². The van der Waals surface area contributed by atoms with Gasteiger partial charge in [0.2, 0.25) is 10.0 Å². The number of para-hydroxylation sites is 2. The predicted octanol–water partition coefficient (Wildman–Crippen LogP) is 0.825. The zero-order chi connectivity index (χ0) is 15.1. The van der Waals surface area contributed by atoms with Crippen LogP contribution in [0.3, 0.4) is 0 Å². The summed E-state index contributed by atoms with van der Waals surface area (Å²) < 4.78 is 50.2. The highest BCUT2D eigenvalue weighted by molar-refractivity contribution is 7.97. The van der Waals surface area contributed by atoms with Crippen LogP contribution >= 0.6 is 0 Å². The summed E-state index contributed by atoms with van der Waals surface area (Å²) in [7, 11) is -6.88. The van der Waals surface area contributed by atoms with E-state index >= 15 is 0 Å². The number of hydrogen-bond acceptors (Lipinski definition) is 5. The minimum Gasteiger partial charge on any atom is -0.383 e. The van der Waals surface area contributed by atoms with Gasteiger partial charge in [-0.25, -0.2) is 16.8 Å². The van der Waals surface area contributed by atoms with Crippen molar-refractivity contribution in [3.05, 3.63) is 24.3 Å². The topological polar surface area (TPSA) is 83.5 Å². The van der Waals surface area contributed by atoms with Gasteiger partial charge in [0.05, 0.1) is 28.1 Å². The first-order valence-corrected chi connectivity index (χ1v) is 10.3. The molecule has 2 aliphatic rings. The first-order chi connectivity index (χ1) is 9.90. The van der Waals surface area contributed by atoms with E-state index in [1.54, 1.807) is 12.1 Å². The molecule has 0 aliphatic carbocycles. The van der Waals surface area contributed by atoms with Crippen molar-refractivity contribution < 1.29 is 16.8 Å². The van der Waals surface area contributed by atoms with E-state index in [2.05, 4.69) is 5.32 Å². The minimum absolute atomic E-state index is 0.0371. The summed E-state index contributed by atoms with van der Waals surface area (Å²) in [4.78, 5) is 0. The zero-order valence-corrected chi connectivity index (χ0v) is 13.2. The lowest BCUT2D eigenvalue weighted by Gasteiger charge is -2.26. The van der Waals surface area contributed by atoms with E-state index in [0.29, 0.717) is 25.2 Å². The van der Waals surface area contributed by atoms with E-state index < -0.39 is 25.1 Å². The molecule has 1 N–H and O–H groups in total. The number of nitrogens with one attached hydrogen (secondary N) is 1. The summed E-state index contributed by atoms with van der Waals surface area (Å²) in [5, 5.41) is 2.38. The Morgan fingerprint density at radius 1 is 1.24 bits per heavy atom. The third-order valence-corrected chi connectivity index (χ3v) is 8.16. The molecule has 3 rings (SSSR count). The largest absolute Gasteiger partial charge is 0.383 e. The Bertz CT molecular complexity index is 743. The van der Waals surface area contributed by atoms with Crippen LogP contribution < -0.4 is 9.62 Å². The fourth-order valence-electron chi connectivity index (χ4n) is 2.85. The Balaban J connectivity index is 1.99. The van der Waals surface area contributed by atoms with Crippen molar-refractivity contribution in [3.63, 3.8) is 0 Å². The molecule has 8 heteroatoms. The standard InChI is InChI=1S/C13H18N2O4S2/c16-20(17)9-6-11(10-20)21(18,19)15-8-3-7-14-12-4-1-2-5-13(12)15/h1-2,4-5,11,14H,3,6-10H2. The summed E-state index contributed by atoms with van der Waals surface area (Å²) in [6, 6.07) is 7.24. The van der Waals surface area contributed by atoms with Crippen LogP contribution in [-0.2, 0) is 19.9 Å². The first kappa shape index (κ1) is 14.6. The van der Waals surface area contributed by atoms with Crippen molar-refractivity contribution in [1.29, 1.82) is 0 Å². The smallest absolute Gasteiger partial charge is 0.239 e. The molecule has 1 fully saturated rings. The molecular weight excluding hydrogens is 312 g/mol. The predicted molar refractivity (Wildman–Crippen MR) is 82.9 cm³/mol. The third kappa shape index (κ3) is 2.74. The van der Waals surface area contributed by atoms with Crippen molar-refractivity contribution in [3.8, 4) is 0 Å². The highest BCUT2D eigenvalue weighted by Crippen LogP contribution is 2.33. The van der Waals surface area contributed by atoms with Crippen LogP contribution in [0, 0.1) is 0 Å². The molecule has 116 valence electrons. The lowest BCUT2D eigenvalue weighted by molar-refractivity contribution is 0.577. The quantitative estimate of drug-likeness (QED) is 0.868. The summed E-state index contributed by atoms with van der Waals surface area (Å²) in [6.45, 7) is 1.08. The van der Waals surface area contributed by atoms with Gasteiger partial charge in [-0.1, -0.05) is 12.1 Å². The second-order valence-corrected chi connectivity index (χ2v) is 9.81. The Labute approximate surface area is 125 Å². The number of anilines is 2. The van der Waals surface area contributed by atoms with Gasteiger partial charge in [0.1, 0.15) is 0 Å². The number of benzene rings is 1. The molecule has 0 spiro atoms. The normalized spacial score (nSPS) is 25.0. The van der Waals surface area contributed by atoms with Gasteiger partial charge in [0.25, 0.3) is 0 Å². The maximum Gasteiger partial charge on any atom is 0.239 e. The van der Waals surface area contributed by atoms with Crippen LogP contribution in [0.5, 0.6) is 0 Å². The van der Waals surface area contributed by atoms with Crippen LogP contribution in [0.1, 0.15) is 12.8 Å². The summed E-state index contributed by atoms with van der Waals surface area (Å²) >= 11 is 0. The number of sulfone groups is 1. The summed E-state index contributed by atoms with van der Waals surface area (Å²) in [6.07, 6.45) is 0.879. The molecule has 1 unspecified atom stereocenters. The van der Waals surface area contributed by atoms with E-state index in [1.807, 2.05) is 12.1 Å². The average molecular weight is 330 g/mol. The molecule has 6 nitrogen and oxygen atoms in total. The SMILES string of the molecule is O=S1(=O)CCC(S(=O)(=O)N2CCCNc3ccccc32)C1. The van der Waals surface area contributed by atoms with Gasteiger partial charge in [-0.3, -0.25) is 4.31 Å². The molecule has 1 atom stereocenters. The van der Waals surface area contributed by atoms with E-state index in [4.69, 9.17) is 0 Å². The van der Waals surface area contributed by atoms with Crippen molar-refractivity contribution in [1.82, 2.24) is 0 Å². The van der Waals surface area contributed by atoms with Gasteiger partial charge < -0.3 is 5.32 Å². The number of fused-ring (bicyclic) bond motifs is 1. The lowest BCUT2D eigenvalue weighted by atomic mass is 10.2. The number of rotatable bonds is 2. The van der Waals surface area contributed by atoms with Crippen molar-refractivity contribution in [2.45, 2.75) is 18.1 Å². The van der Waals surface area contributed by atoms with Gasteiger partial charge in [0, 0.05) is 13.1 Å². The van der Waals surface area contributed by atoms with Crippen molar-refractivity contribution in [2.24, 2.45) is 0 Å². The van der Waals surface area contributed by atoms with Crippen molar-refractivity contribution >= 4 is 31.2 Å². The average Bonchev–Trinajstić information content (AvgIpc) is 2.69. The van der Waals surface area contributed by atoms with Crippen LogP contribution in [0.2, 0.25) is 0 Å². The third-order valence-electron chi connectivity index (χ3n) is 3.95. The van der Waals surface area contributed by atoms with Gasteiger partial charge in [-0.05, 0) is 25.0 Å². The minimum atomic E-state index is -3.66. The van der Waals surface area contributed by atoms with Gasteiger partial charge >= 0.3 is 0 Å². The van der Waals surface area contributed by atoms with Crippen LogP contribution in [0.25, 0.3) is 0 Å².